The number of furan rings is 1. The summed E-state index contributed by atoms with van der Waals surface area (Å²) in [6.07, 6.45) is 0. The fourth-order valence-electron chi connectivity index (χ4n) is 2.67. The molecule has 0 aliphatic rings. The van der Waals surface area contributed by atoms with E-state index in [1.807, 2.05) is 36.4 Å². The Hall–Kier alpha value is -3.08. The second-order valence-corrected chi connectivity index (χ2v) is 4.92. The summed E-state index contributed by atoms with van der Waals surface area (Å²) < 4.78 is 11.3. The summed E-state index contributed by atoms with van der Waals surface area (Å²) in [6.45, 7) is 0. The van der Waals surface area contributed by atoms with E-state index >= 15 is 0 Å². The standard InChI is InChI=1S/C17H12N2O3/c1-21-14-8-6-10(12-7-9-15(20)19-18-12)16-11-4-2-3-5-13(11)22-17(14)16/h2-9H,1H3,(H,19,20). The fraction of sp³-hybridized carbons (Fsp3) is 0.0588. The number of fused-ring (bicyclic) bond motifs is 3. The van der Waals surface area contributed by atoms with Crippen LogP contribution >= 0.6 is 0 Å². The lowest BCUT2D eigenvalue weighted by Crippen LogP contribution is -2.05. The van der Waals surface area contributed by atoms with E-state index in [9.17, 15) is 4.79 Å². The molecular weight excluding hydrogens is 280 g/mol. The molecule has 2 heterocycles. The number of hydrogen-bond acceptors (Lipinski definition) is 4. The maximum absolute atomic E-state index is 11.2. The minimum Gasteiger partial charge on any atom is -0.493 e. The van der Waals surface area contributed by atoms with E-state index in [4.69, 9.17) is 9.15 Å². The van der Waals surface area contributed by atoms with Gasteiger partial charge in [-0.2, -0.15) is 5.10 Å². The molecule has 0 spiro atoms. The molecule has 5 nitrogen and oxygen atoms in total. The predicted molar refractivity (Wildman–Crippen MR) is 84.1 cm³/mol. The molecule has 2 aromatic carbocycles. The average molecular weight is 292 g/mol. The second-order valence-electron chi connectivity index (χ2n) is 4.92. The maximum atomic E-state index is 11.2. The van der Waals surface area contributed by atoms with Crippen LogP contribution in [-0.2, 0) is 0 Å². The molecule has 22 heavy (non-hydrogen) atoms. The lowest BCUT2D eigenvalue weighted by atomic mass is 10.0. The molecular formula is C17H12N2O3. The summed E-state index contributed by atoms with van der Waals surface area (Å²) in [4.78, 5) is 11.2. The summed E-state index contributed by atoms with van der Waals surface area (Å²) in [6, 6.07) is 14.7. The first kappa shape index (κ1) is 12.6. The first-order chi connectivity index (χ1) is 10.8. The van der Waals surface area contributed by atoms with Gasteiger partial charge in [0.15, 0.2) is 11.3 Å². The Bertz CT molecular complexity index is 1030. The van der Waals surface area contributed by atoms with Gasteiger partial charge in [-0.25, -0.2) is 5.10 Å². The normalized spacial score (nSPS) is 11.1. The van der Waals surface area contributed by atoms with E-state index in [-0.39, 0.29) is 5.56 Å². The van der Waals surface area contributed by atoms with Crippen LogP contribution in [0.4, 0.5) is 0 Å². The van der Waals surface area contributed by atoms with Crippen LogP contribution in [0.3, 0.4) is 0 Å². The first-order valence-electron chi connectivity index (χ1n) is 6.82. The number of para-hydroxylation sites is 1. The molecule has 0 radical (unpaired) electrons. The van der Waals surface area contributed by atoms with Crippen LogP contribution in [0.2, 0.25) is 0 Å². The zero-order valence-electron chi connectivity index (χ0n) is 11.8. The van der Waals surface area contributed by atoms with Crippen molar-refractivity contribution in [1.29, 1.82) is 0 Å². The van der Waals surface area contributed by atoms with Crippen LogP contribution in [0.5, 0.6) is 5.75 Å². The first-order valence-corrected chi connectivity index (χ1v) is 6.82. The van der Waals surface area contributed by atoms with Crippen molar-refractivity contribution < 1.29 is 9.15 Å². The molecule has 0 bridgehead atoms. The highest BCUT2D eigenvalue weighted by molar-refractivity contribution is 6.13. The summed E-state index contributed by atoms with van der Waals surface area (Å²) in [5, 5.41) is 8.50. The number of rotatable bonds is 2. The number of benzene rings is 2. The molecule has 4 aromatic rings. The largest absolute Gasteiger partial charge is 0.493 e. The van der Waals surface area contributed by atoms with Gasteiger partial charge < -0.3 is 9.15 Å². The van der Waals surface area contributed by atoms with Gasteiger partial charge in [-0.05, 0) is 24.3 Å². The topological polar surface area (TPSA) is 68.1 Å². The van der Waals surface area contributed by atoms with E-state index in [0.717, 1.165) is 21.9 Å². The number of hydrogen-bond donors (Lipinski definition) is 1. The highest BCUT2D eigenvalue weighted by Gasteiger charge is 2.16. The summed E-state index contributed by atoms with van der Waals surface area (Å²) in [5.74, 6) is 0.666. The Morgan fingerprint density at radius 3 is 2.73 bits per heavy atom. The molecule has 108 valence electrons. The third kappa shape index (κ3) is 1.79. The van der Waals surface area contributed by atoms with Crippen LogP contribution in [0, 0.1) is 0 Å². The monoisotopic (exact) mass is 292 g/mol. The molecule has 0 saturated heterocycles. The van der Waals surface area contributed by atoms with Gasteiger partial charge in [0.1, 0.15) is 5.58 Å². The highest BCUT2D eigenvalue weighted by Crippen LogP contribution is 2.40. The lowest BCUT2D eigenvalue weighted by molar-refractivity contribution is 0.412. The van der Waals surface area contributed by atoms with Crippen LogP contribution in [0.15, 0.2) is 57.7 Å². The number of H-pyrrole nitrogens is 1. The molecule has 0 aliphatic carbocycles. The maximum Gasteiger partial charge on any atom is 0.264 e. The van der Waals surface area contributed by atoms with Gasteiger partial charge in [0.2, 0.25) is 0 Å². The van der Waals surface area contributed by atoms with Gasteiger partial charge >= 0.3 is 0 Å². The van der Waals surface area contributed by atoms with Gasteiger partial charge in [0, 0.05) is 22.4 Å². The Kier molecular flexibility index (Phi) is 2.72. The number of ether oxygens (including phenoxy) is 1. The SMILES string of the molecule is COc1ccc(-c2ccc(=O)[nH]n2)c2c1oc1ccccc12. The second kappa shape index (κ2) is 4.73. The van der Waals surface area contributed by atoms with Crippen molar-refractivity contribution in [3.05, 3.63) is 58.9 Å². The van der Waals surface area contributed by atoms with Crippen LogP contribution in [-0.4, -0.2) is 17.3 Å². The third-order valence-corrected chi connectivity index (χ3v) is 3.66. The number of nitrogens with zero attached hydrogens (tertiary/aromatic N) is 1. The van der Waals surface area contributed by atoms with Crippen molar-refractivity contribution >= 4 is 21.9 Å². The van der Waals surface area contributed by atoms with Gasteiger partial charge in [0.25, 0.3) is 5.56 Å². The predicted octanol–water partition coefficient (Wildman–Crippen LogP) is 3.34. The third-order valence-electron chi connectivity index (χ3n) is 3.66. The molecule has 0 amide bonds. The van der Waals surface area contributed by atoms with Crippen molar-refractivity contribution in [2.75, 3.05) is 7.11 Å². The number of aromatic amines is 1. The Labute approximate surface area is 125 Å². The Balaban J connectivity index is 2.15. The molecule has 0 unspecified atom stereocenters. The number of nitrogens with one attached hydrogen (secondary N) is 1. The van der Waals surface area contributed by atoms with Gasteiger partial charge in [-0.3, -0.25) is 4.79 Å². The van der Waals surface area contributed by atoms with Crippen molar-refractivity contribution in [2.45, 2.75) is 0 Å². The quantitative estimate of drug-likeness (QED) is 0.615. The van der Waals surface area contributed by atoms with Crippen molar-refractivity contribution in [2.24, 2.45) is 0 Å². The molecule has 0 fully saturated rings. The minimum absolute atomic E-state index is 0.231. The average Bonchev–Trinajstić information content (AvgIpc) is 2.94. The molecule has 1 N–H and O–H groups in total. The molecule has 5 heteroatoms. The Morgan fingerprint density at radius 1 is 1.09 bits per heavy atom. The van der Waals surface area contributed by atoms with Crippen LogP contribution < -0.4 is 10.3 Å². The number of methoxy groups -OCH3 is 1. The van der Waals surface area contributed by atoms with Crippen LogP contribution in [0.1, 0.15) is 0 Å². The molecule has 0 saturated carbocycles. The summed E-state index contributed by atoms with van der Waals surface area (Å²) in [5.41, 5.74) is 2.79. The lowest BCUT2D eigenvalue weighted by Gasteiger charge is -2.05. The van der Waals surface area contributed by atoms with E-state index in [1.54, 1.807) is 13.2 Å². The van der Waals surface area contributed by atoms with E-state index in [1.165, 1.54) is 6.07 Å². The summed E-state index contributed by atoms with van der Waals surface area (Å²) in [7, 11) is 1.61. The molecule has 0 atom stereocenters. The fourth-order valence-corrected chi connectivity index (χ4v) is 2.67. The Morgan fingerprint density at radius 2 is 1.95 bits per heavy atom. The van der Waals surface area contributed by atoms with E-state index in [2.05, 4.69) is 10.2 Å². The van der Waals surface area contributed by atoms with Gasteiger partial charge in [-0.1, -0.05) is 18.2 Å². The van der Waals surface area contributed by atoms with Gasteiger partial charge in [-0.15, -0.1) is 0 Å². The minimum atomic E-state index is -0.231. The highest BCUT2D eigenvalue weighted by atomic mass is 16.5. The van der Waals surface area contributed by atoms with Crippen molar-refractivity contribution in [3.8, 4) is 17.0 Å². The smallest absolute Gasteiger partial charge is 0.264 e. The molecule has 4 rings (SSSR count). The van der Waals surface area contributed by atoms with Crippen molar-refractivity contribution in [1.82, 2.24) is 10.2 Å². The number of aromatic nitrogens is 2. The van der Waals surface area contributed by atoms with Crippen molar-refractivity contribution in [3.63, 3.8) is 0 Å². The van der Waals surface area contributed by atoms with Gasteiger partial charge in [0.05, 0.1) is 12.8 Å². The van der Waals surface area contributed by atoms with Crippen LogP contribution in [0.25, 0.3) is 33.2 Å². The zero-order chi connectivity index (χ0) is 15.1. The molecule has 0 aliphatic heterocycles. The summed E-state index contributed by atoms with van der Waals surface area (Å²) >= 11 is 0. The van der Waals surface area contributed by atoms with E-state index < -0.39 is 0 Å². The zero-order valence-corrected chi connectivity index (χ0v) is 11.8. The molecule has 2 aromatic heterocycles. The van der Waals surface area contributed by atoms with E-state index in [0.29, 0.717) is 17.0 Å².